The van der Waals surface area contributed by atoms with Crippen LogP contribution >= 0.6 is 0 Å². The Hall–Kier alpha value is -3.33. The summed E-state index contributed by atoms with van der Waals surface area (Å²) < 4.78 is 1.68. The van der Waals surface area contributed by atoms with Crippen LogP contribution in [0.3, 0.4) is 0 Å². The third-order valence-electron chi connectivity index (χ3n) is 3.09. The number of amides is 1. The highest BCUT2D eigenvalue weighted by Crippen LogP contribution is 2.19. The fraction of sp³-hybridized carbons (Fsp3) is 0.133. The standard InChI is InChI=1S/C15H15N7O2/c1-22-8-11(7-18-22)19-15-16-5-4-12(20-15)10-2-3-13(17-6-10)21-14(24)9-23/h2-8,23H,9H2,1H3,(H,16,19,20)(H,17,21,24). The van der Waals surface area contributed by atoms with Crippen molar-refractivity contribution in [2.75, 3.05) is 17.2 Å². The maximum Gasteiger partial charge on any atom is 0.251 e. The van der Waals surface area contributed by atoms with Crippen LogP contribution in [-0.2, 0) is 11.8 Å². The minimum Gasteiger partial charge on any atom is -0.387 e. The molecule has 0 aromatic carbocycles. The van der Waals surface area contributed by atoms with Gasteiger partial charge in [-0.2, -0.15) is 5.10 Å². The molecular formula is C15H15N7O2. The highest BCUT2D eigenvalue weighted by Gasteiger charge is 2.06. The number of nitrogens with one attached hydrogen (secondary N) is 2. The van der Waals surface area contributed by atoms with Gasteiger partial charge < -0.3 is 15.7 Å². The maximum absolute atomic E-state index is 11.1. The van der Waals surface area contributed by atoms with E-state index < -0.39 is 12.5 Å². The van der Waals surface area contributed by atoms with Crippen LogP contribution in [0.1, 0.15) is 0 Å². The number of aliphatic hydroxyl groups excluding tert-OH is 1. The van der Waals surface area contributed by atoms with Crippen molar-refractivity contribution in [2.45, 2.75) is 0 Å². The Labute approximate surface area is 137 Å². The van der Waals surface area contributed by atoms with Gasteiger partial charge in [0.1, 0.15) is 12.4 Å². The van der Waals surface area contributed by atoms with E-state index in [2.05, 4.69) is 30.7 Å². The van der Waals surface area contributed by atoms with Crippen LogP contribution in [0, 0.1) is 0 Å². The van der Waals surface area contributed by atoms with Crippen LogP contribution in [0.4, 0.5) is 17.5 Å². The number of hydrogen-bond acceptors (Lipinski definition) is 7. The molecule has 0 aliphatic rings. The average molecular weight is 325 g/mol. The summed E-state index contributed by atoms with van der Waals surface area (Å²) in [6.45, 7) is -0.585. The van der Waals surface area contributed by atoms with Crippen molar-refractivity contribution in [2.24, 2.45) is 7.05 Å². The van der Waals surface area contributed by atoms with E-state index in [9.17, 15) is 4.79 Å². The molecule has 3 N–H and O–H groups in total. The van der Waals surface area contributed by atoms with E-state index in [-0.39, 0.29) is 0 Å². The number of aliphatic hydroxyl groups is 1. The normalized spacial score (nSPS) is 10.4. The minimum atomic E-state index is -0.585. The molecule has 0 bridgehead atoms. The lowest BCUT2D eigenvalue weighted by atomic mass is 10.2. The Kier molecular flexibility index (Phi) is 4.43. The number of anilines is 3. The summed E-state index contributed by atoms with van der Waals surface area (Å²) in [7, 11) is 1.82. The number of aryl methyl sites for hydroxylation is 1. The average Bonchev–Trinajstić information content (AvgIpc) is 3.00. The summed E-state index contributed by atoms with van der Waals surface area (Å²) in [6.07, 6.45) is 6.72. The molecule has 122 valence electrons. The van der Waals surface area contributed by atoms with E-state index in [1.54, 1.807) is 41.5 Å². The summed E-state index contributed by atoms with van der Waals surface area (Å²) in [5, 5.41) is 18.3. The zero-order valence-corrected chi connectivity index (χ0v) is 12.8. The second-order valence-corrected chi connectivity index (χ2v) is 4.93. The molecule has 3 rings (SSSR count). The van der Waals surface area contributed by atoms with Crippen LogP contribution in [0.2, 0.25) is 0 Å². The van der Waals surface area contributed by atoms with Crippen LogP contribution in [-0.4, -0.2) is 42.4 Å². The predicted molar refractivity (Wildman–Crippen MR) is 87.5 cm³/mol. The molecule has 0 spiro atoms. The Morgan fingerprint density at radius 1 is 1.25 bits per heavy atom. The van der Waals surface area contributed by atoms with Crippen LogP contribution < -0.4 is 10.6 Å². The SMILES string of the molecule is Cn1cc(Nc2nccc(-c3ccc(NC(=O)CO)nc3)n2)cn1. The molecule has 3 heterocycles. The number of carbonyl (C=O) groups excluding carboxylic acids is 1. The molecule has 0 saturated carbocycles. The molecule has 1 amide bonds. The first-order valence-electron chi connectivity index (χ1n) is 7.10. The van der Waals surface area contributed by atoms with E-state index in [0.29, 0.717) is 17.5 Å². The Bertz CT molecular complexity index is 845. The number of rotatable bonds is 5. The quantitative estimate of drug-likeness (QED) is 0.639. The van der Waals surface area contributed by atoms with Gasteiger partial charge in [-0.05, 0) is 18.2 Å². The highest BCUT2D eigenvalue weighted by atomic mass is 16.3. The fourth-order valence-corrected chi connectivity index (χ4v) is 2.00. The van der Waals surface area contributed by atoms with E-state index in [0.717, 1.165) is 11.3 Å². The first-order valence-corrected chi connectivity index (χ1v) is 7.10. The first-order chi connectivity index (χ1) is 11.6. The highest BCUT2D eigenvalue weighted by molar-refractivity contribution is 5.90. The van der Waals surface area contributed by atoms with Gasteiger partial charge >= 0.3 is 0 Å². The molecule has 0 saturated heterocycles. The van der Waals surface area contributed by atoms with Crippen molar-refractivity contribution < 1.29 is 9.90 Å². The van der Waals surface area contributed by atoms with E-state index in [1.807, 2.05) is 13.2 Å². The molecule has 0 radical (unpaired) electrons. The number of aromatic nitrogens is 5. The largest absolute Gasteiger partial charge is 0.387 e. The zero-order valence-electron chi connectivity index (χ0n) is 12.8. The number of carbonyl (C=O) groups is 1. The summed E-state index contributed by atoms with van der Waals surface area (Å²) in [4.78, 5) is 23.8. The third-order valence-corrected chi connectivity index (χ3v) is 3.09. The lowest BCUT2D eigenvalue weighted by molar-refractivity contribution is -0.118. The molecule has 3 aromatic rings. The van der Waals surface area contributed by atoms with Gasteiger partial charge in [-0.1, -0.05) is 0 Å². The second kappa shape index (κ2) is 6.84. The molecule has 3 aromatic heterocycles. The van der Waals surface area contributed by atoms with Crippen LogP contribution in [0.25, 0.3) is 11.3 Å². The molecule has 0 unspecified atom stereocenters. The van der Waals surface area contributed by atoms with Gasteiger partial charge in [0.2, 0.25) is 5.95 Å². The number of pyridine rings is 1. The Morgan fingerprint density at radius 3 is 2.79 bits per heavy atom. The summed E-state index contributed by atoms with van der Waals surface area (Å²) in [5.74, 6) is 0.291. The topological polar surface area (TPSA) is 118 Å². The van der Waals surface area contributed by atoms with Gasteiger partial charge in [0, 0.05) is 31.2 Å². The van der Waals surface area contributed by atoms with Crippen molar-refractivity contribution >= 4 is 23.4 Å². The Balaban J connectivity index is 1.77. The van der Waals surface area contributed by atoms with Gasteiger partial charge in [-0.3, -0.25) is 9.48 Å². The number of hydrogen-bond donors (Lipinski definition) is 3. The van der Waals surface area contributed by atoms with E-state index in [1.165, 1.54) is 0 Å². The molecule has 0 aliphatic heterocycles. The third kappa shape index (κ3) is 3.70. The second-order valence-electron chi connectivity index (χ2n) is 4.93. The fourth-order valence-electron chi connectivity index (χ4n) is 2.00. The van der Waals surface area contributed by atoms with Crippen molar-refractivity contribution in [3.63, 3.8) is 0 Å². The van der Waals surface area contributed by atoms with Crippen molar-refractivity contribution in [1.29, 1.82) is 0 Å². The van der Waals surface area contributed by atoms with Gasteiger partial charge in [-0.15, -0.1) is 0 Å². The molecular weight excluding hydrogens is 310 g/mol. The lowest BCUT2D eigenvalue weighted by Crippen LogP contribution is -2.16. The molecule has 9 nitrogen and oxygen atoms in total. The van der Waals surface area contributed by atoms with Crippen LogP contribution in [0.5, 0.6) is 0 Å². The zero-order chi connectivity index (χ0) is 16.9. The van der Waals surface area contributed by atoms with Crippen LogP contribution in [0.15, 0.2) is 43.0 Å². The summed E-state index contributed by atoms with van der Waals surface area (Å²) in [5.41, 5.74) is 2.24. The molecule has 9 heteroatoms. The summed E-state index contributed by atoms with van der Waals surface area (Å²) >= 11 is 0. The Morgan fingerprint density at radius 2 is 2.12 bits per heavy atom. The van der Waals surface area contributed by atoms with E-state index in [4.69, 9.17) is 5.11 Å². The predicted octanol–water partition coefficient (Wildman–Crippen LogP) is 0.946. The maximum atomic E-state index is 11.1. The van der Waals surface area contributed by atoms with Crippen molar-refractivity contribution in [3.8, 4) is 11.3 Å². The van der Waals surface area contributed by atoms with E-state index >= 15 is 0 Å². The first kappa shape index (κ1) is 15.6. The van der Waals surface area contributed by atoms with Crippen molar-refractivity contribution in [1.82, 2.24) is 24.7 Å². The lowest BCUT2D eigenvalue weighted by Gasteiger charge is -2.06. The van der Waals surface area contributed by atoms with Crippen molar-refractivity contribution in [3.05, 3.63) is 43.0 Å². The minimum absolute atomic E-state index is 0.362. The summed E-state index contributed by atoms with van der Waals surface area (Å²) in [6, 6.07) is 5.17. The molecule has 0 fully saturated rings. The van der Waals surface area contributed by atoms with Gasteiger partial charge in [0.25, 0.3) is 5.91 Å². The molecule has 0 aliphatic carbocycles. The molecule has 0 atom stereocenters. The van der Waals surface area contributed by atoms with Gasteiger partial charge in [0.15, 0.2) is 0 Å². The molecule has 24 heavy (non-hydrogen) atoms. The smallest absolute Gasteiger partial charge is 0.251 e. The van der Waals surface area contributed by atoms with Gasteiger partial charge in [0.05, 0.1) is 17.6 Å². The monoisotopic (exact) mass is 325 g/mol. The van der Waals surface area contributed by atoms with Gasteiger partial charge in [-0.25, -0.2) is 15.0 Å². The number of nitrogens with zero attached hydrogens (tertiary/aromatic N) is 5.